The summed E-state index contributed by atoms with van der Waals surface area (Å²) in [7, 11) is 0. The molecule has 2 aromatic carbocycles. The molecule has 0 fully saturated rings. The van der Waals surface area contributed by atoms with Crippen LogP contribution < -0.4 is 0 Å². The lowest BCUT2D eigenvalue weighted by molar-refractivity contribution is 0.276. The minimum Gasteiger partial charge on any atom is -0.392 e. The first-order valence-electron chi connectivity index (χ1n) is 6.49. The van der Waals surface area contributed by atoms with E-state index in [0.717, 1.165) is 22.3 Å². The second-order valence-electron chi connectivity index (χ2n) is 5.26. The molecule has 0 saturated heterocycles. The van der Waals surface area contributed by atoms with E-state index >= 15 is 0 Å². The Bertz CT molecular complexity index is 509. The Morgan fingerprint density at radius 3 is 1.47 bits per heavy atom. The summed E-state index contributed by atoms with van der Waals surface area (Å²) in [4.78, 5) is 0. The molecule has 2 rings (SSSR count). The van der Waals surface area contributed by atoms with Gasteiger partial charge in [0.1, 0.15) is 0 Å². The number of hydrogen-bond donors (Lipinski definition) is 2. The lowest BCUT2D eigenvalue weighted by Gasteiger charge is -2.30. The maximum atomic E-state index is 9.51. The highest BCUT2D eigenvalue weighted by Crippen LogP contribution is 2.35. The van der Waals surface area contributed by atoms with Gasteiger partial charge in [-0.1, -0.05) is 62.4 Å². The number of benzene rings is 2. The summed E-state index contributed by atoms with van der Waals surface area (Å²) in [6.07, 6.45) is 0. The molecule has 0 aromatic heterocycles. The maximum Gasteiger partial charge on any atom is 0.0684 e. The highest BCUT2D eigenvalue weighted by molar-refractivity contribution is 5.45. The fourth-order valence-electron chi connectivity index (χ4n) is 2.68. The van der Waals surface area contributed by atoms with Gasteiger partial charge in [-0.2, -0.15) is 0 Å². The molecule has 0 unspecified atom stereocenters. The first-order chi connectivity index (χ1) is 9.11. The molecule has 0 saturated carbocycles. The summed E-state index contributed by atoms with van der Waals surface area (Å²) in [6.45, 7) is 4.30. The lowest BCUT2D eigenvalue weighted by atomic mass is 9.74. The number of aliphatic hydroxyl groups is 2. The number of aliphatic hydroxyl groups excluding tert-OH is 2. The van der Waals surface area contributed by atoms with Crippen LogP contribution in [0.5, 0.6) is 0 Å². The first kappa shape index (κ1) is 13.8. The Kier molecular flexibility index (Phi) is 4.03. The molecule has 2 N–H and O–H groups in total. The summed E-state index contributed by atoms with van der Waals surface area (Å²) < 4.78 is 0. The van der Waals surface area contributed by atoms with Crippen molar-refractivity contribution in [2.24, 2.45) is 0 Å². The van der Waals surface area contributed by atoms with E-state index < -0.39 is 0 Å². The van der Waals surface area contributed by atoms with Crippen molar-refractivity contribution < 1.29 is 10.2 Å². The molecule has 2 nitrogen and oxygen atoms in total. The van der Waals surface area contributed by atoms with E-state index in [4.69, 9.17) is 0 Å². The van der Waals surface area contributed by atoms with Crippen LogP contribution in [0.3, 0.4) is 0 Å². The first-order valence-corrected chi connectivity index (χ1v) is 6.49. The Balaban J connectivity index is 2.58. The van der Waals surface area contributed by atoms with Gasteiger partial charge in [-0.25, -0.2) is 0 Å². The van der Waals surface area contributed by atoms with E-state index in [2.05, 4.69) is 13.8 Å². The van der Waals surface area contributed by atoms with E-state index in [9.17, 15) is 10.2 Å². The molecule has 19 heavy (non-hydrogen) atoms. The lowest BCUT2D eigenvalue weighted by Crippen LogP contribution is -2.22. The van der Waals surface area contributed by atoms with Gasteiger partial charge in [-0.05, 0) is 22.3 Å². The highest BCUT2D eigenvalue weighted by atomic mass is 16.3. The summed E-state index contributed by atoms with van der Waals surface area (Å²) in [6, 6.07) is 15.8. The Hall–Kier alpha value is -1.64. The summed E-state index contributed by atoms with van der Waals surface area (Å²) >= 11 is 0. The van der Waals surface area contributed by atoms with Gasteiger partial charge >= 0.3 is 0 Å². The van der Waals surface area contributed by atoms with Gasteiger partial charge in [0.25, 0.3) is 0 Å². The maximum absolute atomic E-state index is 9.51. The van der Waals surface area contributed by atoms with Crippen molar-refractivity contribution in [3.8, 4) is 0 Å². The zero-order valence-corrected chi connectivity index (χ0v) is 11.4. The van der Waals surface area contributed by atoms with Crippen molar-refractivity contribution in [1.29, 1.82) is 0 Å². The summed E-state index contributed by atoms with van der Waals surface area (Å²) in [5.74, 6) is 0. The molecule has 0 atom stereocenters. The van der Waals surface area contributed by atoms with Gasteiger partial charge in [0, 0.05) is 5.41 Å². The van der Waals surface area contributed by atoms with E-state index in [1.165, 1.54) is 0 Å². The Labute approximate surface area is 114 Å². The minimum atomic E-state index is -0.251. The standard InChI is InChI=1S/C17H20O2/c1-17(2,15-9-5-3-7-13(15)11-18)16-10-6-4-8-14(16)12-19/h3-10,18-19H,11-12H2,1-2H3. The van der Waals surface area contributed by atoms with Crippen LogP contribution in [0.4, 0.5) is 0 Å². The third-order valence-corrected chi connectivity index (χ3v) is 3.72. The van der Waals surface area contributed by atoms with Gasteiger partial charge in [-0.3, -0.25) is 0 Å². The van der Waals surface area contributed by atoms with Crippen LogP contribution in [-0.2, 0) is 18.6 Å². The van der Waals surface area contributed by atoms with E-state index in [-0.39, 0.29) is 18.6 Å². The van der Waals surface area contributed by atoms with Gasteiger partial charge < -0.3 is 10.2 Å². The topological polar surface area (TPSA) is 40.5 Å². The van der Waals surface area contributed by atoms with Gasteiger partial charge in [0.15, 0.2) is 0 Å². The molecule has 0 aliphatic heterocycles. The summed E-state index contributed by atoms with van der Waals surface area (Å²) in [5.41, 5.74) is 3.80. The molecular formula is C17H20O2. The molecule has 0 bridgehead atoms. The number of hydrogen-bond acceptors (Lipinski definition) is 2. The van der Waals surface area contributed by atoms with E-state index in [1.54, 1.807) is 0 Å². The predicted octanol–water partition coefficient (Wildman–Crippen LogP) is 3.00. The average Bonchev–Trinajstić information content (AvgIpc) is 2.47. The van der Waals surface area contributed by atoms with Crippen LogP contribution in [0.25, 0.3) is 0 Å². The van der Waals surface area contributed by atoms with Crippen LogP contribution >= 0.6 is 0 Å². The highest BCUT2D eigenvalue weighted by Gasteiger charge is 2.27. The Morgan fingerprint density at radius 2 is 1.11 bits per heavy atom. The zero-order chi connectivity index (χ0) is 13.9. The van der Waals surface area contributed by atoms with E-state index in [1.807, 2.05) is 48.5 Å². The summed E-state index contributed by atoms with van der Waals surface area (Å²) in [5, 5.41) is 19.0. The third kappa shape index (κ3) is 2.55. The Morgan fingerprint density at radius 1 is 0.737 bits per heavy atom. The van der Waals surface area contributed by atoms with Crippen molar-refractivity contribution >= 4 is 0 Å². The smallest absolute Gasteiger partial charge is 0.0684 e. The van der Waals surface area contributed by atoms with Crippen LogP contribution in [0.15, 0.2) is 48.5 Å². The molecule has 2 aromatic rings. The molecule has 0 radical (unpaired) electrons. The average molecular weight is 256 g/mol. The van der Waals surface area contributed by atoms with Crippen LogP contribution in [0.2, 0.25) is 0 Å². The van der Waals surface area contributed by atoms with Crippen molar-refractivity contribution in [3.63, 3.8) is 0 Å². The SMILES string of the molecule is CC(C)(c1ccccc1CO)c1ccccc1CO. The van der Waals surface area contributed by atoms with Crippen LogP contribution in [0.1, 0.15) is 36.1 Å². The van der Waals surface area contributed by atoms with Gasteiger partial charge in [0.05, 0.1) is 13.2 Å². The van der Waals surface area contributed by atoms with E-state index in [0.29, 0.717) is 0 Å². The largest absolute Gasteiger partial charge is 0.392 e. The third-order valence-electron chi connectivity index (χ3n) is 3.72. The normalized spacial score (nSPS) is 11.6. The monoisotopic (exact) mass is 256 g/mol. The molecular weight excluding hydrogens is 236 g/mol. The zero-order valence-electron chi connectivity index (χ0n) is 11.4. The molecule has 0 aliphatic carbocycles. The molecule has 0 heterocycles. The van der Waals surface area contributed by atoms with Crippen molar-refractivity contribution in [3.05, 3.63) is 70.8 Å². The van der Waals surface area contributed by atoms with Gasteiger partial charge in [0.2, 0.25) is 0 Å². The molecule has 0 aliphatic rings. The molecule has 100 valence electrons. The van der Waals surface area contributed by atoms with Crippen molar-refractivity contribution in [2.75, 3.05) is 0 Å². The van der Waals surface area contributed by atoms with Crippen LogP contribution in [0, 0.1) is 0 Å². The quantitative estimate of drug-likeness (QED) is 0.883. The fourth-order valence-corrected chi connectivity index (χ4v) is 2.68. The molecule has 0 amide bonds. The minimum absolute atomic E-state index is 0.0287. The van der Waals surface area contributed by atoms with Gasteiger partial charge in [-0.15, -0.1) is 0 Å². The van der Waals surface area contributed by atoms with Crippen molar-refractivity contribution in [1.82, 2.24) is 0 Å². The molecule has 2 heteroatoms. The van der Waals surface area contributed by atoms with Crippen LogP contribution in [-0.4, -0.2) is 10.2 Å². The fraction of sp³-hybridized carbons (Fsp3) is 0.294. The van der Waals surface area contributed by atoms with Crippen molar-refractivity contribution in [2.45, 2.75) is 32.5 Å². The predicted molar refractivity (Wildman–Crippen MR) is 76.9 cm³/mol. The second-order valence-corrected chi connectivity index (χ2v) is 5.26. The second kappa shape index (κ2) is 5.55. The number of rotatable bonds is 4. The molecule has 0 spiro atoms.